The molecule has 0 spiro atoms. The molecule has 160 valence electrons. The lowest BCUT2D eigenvalue weighted by Gasteiger charge is -2.30. The number of pyridine rings is 1. The van der Waals surface area contributed by atoms with Crippen molar-refractivity contribution in [3.05, 3.63) is 41.6 Å². The Balaban J connectivity index is 2.00. The minimum Gasteiger partial charge on any atom is -0.497 e. The van der Waals surface area contributed by atoms with E-state index in [1.807, 2.05) is 6.07 Å². The predicted molar refractivity (Wildman–Crippen MR) is 111 cm³/mol. The number of nitrogen functional groups attached to an aromatic ring is 1. The van der Waals surface area contributed by atoms with Gasteiger partial charge in [0, 0.05) is 25.7 Å². The Kier molecular flexibility index (Phi) is 6.29. The molecule has 9 nitrogen and oxygen atoms in total. The largest absolute Gasteiger partial charge is 0.497 e. The molecule has 2 amide bonds. The third-order valence-corrected chi connectivity index (χ3v) is 4.96. The van der Waals surface area contributed by atoms with Gasteiger partial charge in [0.05, 0.1) is 45.1 Å². The number of fused-ring (bicyclic) bond motifs is 1. The monoisotopic (exact) mass is 414 g/mol. The molecule has 0 saturated heterocycles. The van der Waals surface area contributed by atoms with Crippen molar-refractivity contribution >= 4 is 17.5 Å². The lowest BCUT2D eigenvalue weighted by Crippen LogP contribution is -2.44. The van der Waals surface area contributed by atoms with Crippen molar-refractivity contribution in [2.24, 2.45) is 0 Å². The Bertz CT molecular complexity index is 947. The molecule has 30 heavy (non-hydrogen) atoms. The number of aromatic nitrogens is 1. The van der Waals surface area contributed by atoms with Gasteiger partial charge in [-0.1, -0.05) is 0 Å². The Labute approximate surface area is 175 Å². The van der Waals surface area contributed by atoms with Gasteiger partial charge in [-0.05, 0) is 18.2 Å². The molecule has 2 heterocycles. The number of nitrogens with two attached hydrogens (primary N) is 1. The highest BCUT2D eigenvalue weighted by atomic mass is 16.5. The normalized spacial score (nSPS) is 15.7. The molecule has 1 aromatic heterocycles. The number of benzene rings is 1. The van der Waals surface area contributed by atoms with Gasteiger partial charge in [0.25, 0.3) is 5.91 Å². The van der Waals surface area contributed by atoms with Crippen LogP contribution in [0.25, 0.3) is 0 Å². The van der Waals surface area contributed by atoms with Gasteiger partial charge < -0.3 is 29.7 Å². The second-order valence-corrected chi connectivity index (χ2v) is 7.19. The molecule has 1 atom stereocenters. The average Bonchev–Trinajstić information content (AvgIpc) is 2.86. The van der Waals surface area contributed by atoms with Crippen LogP contribution < -0.4 is 19.9 Å². The van der Waals surface area contributed by atoms with Crippen LogP contribution >= 0.6 is 0 Å². The summed E-state index contributed by atoms with van der Waals surface area (Å²) >= 11 is 0. The van der Waals surface area contributed by atoms with Gasteiger partial charge in [-0.15, -0.1) is 0 Å². The first-order valence-electron chi connectivity index (χ1n) is 9.44. The minimum absolute atomic E-state index is 0.110. The lowest BCUT2D eigenvalue weighted by molar-refractivity contribution is -0.130. The average molecular weight is 414 g/mol. The van der Waals surface area contributed by atoms with Crippen LogP contribution in [0, 0.1) is 0 Å². The highest BCUT2D eigenvalue weighted by Crippen LogP contribution is 2.30. The quantitative estimate of drug-likeness (QED) is 0.764. The van der Waals surface area contributed by atoms with E-state index in [0.717, 1.165) is 5.56 Å². The Morgan fingerprint density at radius 2 is 2.07 bits per heavy atom. The Morgan fingerprint density at radius 1 is 1.30 bits per heavy atom. The van der Waals surface area contributed by atoms with Crippen molar-refractivity contribution in [1.82, 2.24) is 14.8 Å². The summed E-state index contributed by atoms with van der Waals surface area (Å²) in [7, 11) is 6.48. The van der Waals surface area contributed by atoms with Crippen molar-refractivity contribution in [3.8, 4) is 17.4 Å². The van der Waals surface area contributed by atoms with Crippen LogP contribution in [0.3, 0.4) is 0 Å². The van der Waals surface area contributed by atoms with Crippen molar-refractivity contribution in [1.29, 1.82) is 0 Å². The molecule has 0 saturated carbocycles. The summed E-state index contributed by atoms with van der Waals surface area (Å²) < 4.78 is 16.5. The maximum Gasteiger partial charge on any atom is 0.260 e. The molecule has 3 rings (SSSR count). The molecular weight excluding hydrogens is 388 g/mol. The number of ether oxygens (including phenoxy) is 3. The lowest BCUT2D eigenvalue weighted by atomic mass is 10.1. The first kappa shape index (κ1) is 21.2. The summed E-state index contributed by atoms with van der Waals surface area (Å²) in [6.07, 6.45) is 1.55. The highest BCUT2D eigenvalue weighted by Gasteiger charge is 2.34. The van der Waals surface area contributed by atoms with E-state index in [1.165, 1.54) is 11.1 Å². The van der Waals surface area contributed by atoms with E-state index in [1.54, 1.807) is 51.4 Å². The van der Waals surface area contributed by atoms with Gasteiger partial charge in [-0.25, -0.2) is 4.98 Å². The maximum absolute atomic E-state index is 13.4. The van der Waals surface area contributed by atoms with Gasteiger partial charge in [0.15, 0.2) is 0 Å². The van der Waals surface area contributed by atoms with Crippen LogP contribution in [-0.4, -0.2) is 67.6 Å². The molecule has 2 aromatic rings. The van der Waals surface area contributed by atoms with E-state index in [0.29, 0.717) is 17.2 Å². The summed E-state index contributed by atoms with van der Waals surface area (Å²) in [6, 6.07) is 6.43. The smallest absolute Gasteiger partial charge is 0.260 e. The topological polar surface area (TPSA) is 107 Å². The zero-order valence-electron chi connectivity index (χ0n) is 17.5. The van der Waals surface area contributed by atoms with Gasteiger partial charge in [-0.3, -0.25) is 9.59 Å². The van der Waals surface area contributed by atoms with Gasteiger partial charge in [0.1, 0.15) is 23.7 Å². The zero-order chi connectivity index (χ0) is 21.8. The molecule has 1 aromatic carbocycles. The second-order valence-electron chi connectivity index (χ2n) is 7.19. The van der Waals surface area contributed by atoms with Gasteiger partial charge in [0.2, 0.25) is 11.8 Å². The number of hydrogen-bond acceptors (Lipinski definition) is 7. The van der Waals surface area contributed by atoms with E-state index in [2.05, 4.69) is 4.98 Å². The van der Waals surface area contributed by atoms with Crippen LogP contribution in [0.1, 0.15) is 22.3 Å². The number of hydrogen-bond donors (Lipinski definition) is 1. The van der Waals surface area contributed by atoms with E-state index < -0.39 is 6.04 Å². The third-order valence-electron chi connectivity index (χ3n) is 4.96. The standard InChI is InChI=1S/C21H26N4O5/c1-24(2)19(26)8-15-12-30-20-17(7-14(22)10-23-20)21(27)25(15)11-13-5-6-16(28-3)9-18(13)29-4/h5-7,9-10,15H,8,11-12,22H2,1-4H3/t15-/m0/s1. The Hall–Kier alpha value is -3.49. The minimum atomic E-state index is -0.491. The van der Waals surface area contributed by atoms with Gasteiger partial charge in [-0.2, -0.15) is 0 Å². The number of rotatable bonds is 6. The van der Waals surface area contributed by atoms with E-state index in [9.17, 15) is 9.59 Å². The van der Waals surface area contributed by atoms with Gasteiger partial charge >= 0.3 is 0 Å². The van der Waals surface area contributed by atoms with Crippen molar-refractivity contribution in [2.75, 3.05) is 40.7 Å². The third kappa shape index (κ3) is 4.40. The van der Waals surface area contributed by atoms with E-state index in [-0.39, 0.29) is 42.8 Å². The fourth-order valence-electron chi connectivity index (χ4n) is 3.24. The van der Waals surface area contributed by atoms with Crippen LogP contribution in [0.4, 0.5) is 5.69 Å². The second kappa shape index (κ2) is 8.89. The van der Waals surface area contributed by atoms with Crippen molar-refractivity contribution in [3.63, 3.8) is 0 Å². The SMILES string of the molecule is COc1ccc(CN2C(=O)c3cc(N)cnc3OC[C@@H]2CC(=O)N(C)C)c(OC)c1. The maximum atomic E-state index is 13.4. The van der Waals surface area contributed by atoms with Crippen LogP contribution in [0.2, 0.25) is 0 Å². The summed E-state index contributed by atoms with van der Waals surface area (Å²) in [5, 5.41) is 0. The molecule has 0 bridgehead atoms. The molecule has 9 heteroatoms. The molecule has 0 unspecified atom stereocenters. The number of anilines is 1. The van der Waals surface area contributed by atoms with Crippen LogP contribution in [0.5, 0.6) is 17.4 Å². The van der Waals surface area contributed by atoms with E-state index >= 15 is 0 Å². The van der Waals surface area contributed by atoms with Crippen LogP contribution in [-0.2, 0) is 11.3 Å². The fraction of sp³-hybridized carbons (Fsp3) is 0.381. The molecule has 0 fully saturated rings. The first-order valence-corrected chi connectivity index (χ1v) is 9.44. The van der Waals surface area contributed by atoms with Crippen LogP contribution in [0.15, 0.2) is 30.5 Å². The van der Waals surface area contributed by atoms with E-state index in [4.69, 9.17) is 19.9 Å². The summed E-state index contributed by atoms with van der Waals surface area (Å²) in [4.78, 5) is 33.1. The zero-order valence-corrected chi connectivity index (χ0v) is 17.5. The predicted octanol–water partition coefficient (Wildman–Crippen LogP) is 1.56. The summed E-state index contributed by atoms with van der Waals surface area (Å²) in [5.74, 6) is 1.01. The molecular formula is C21H26N4O5. The Morgan fingerprint density at radius 3 is 2.73 bits per heavy atom. The summed E-state index contributed by atoms with van der Waals surface area (Å²) in [5.41, 5.74) is 7.24. The van der Waals surface area contributed by atoms with Crippen molar-refractivity contribution < 1.29 is 23.8 Å². The number of nitrogens with zero attached hydrogens (tertiary/aromatic N) is 3. The molecule has 0 radical (unpaired) electrons. The molecule has 1 aliphatic heterocycles. The molecule has 0 aliphatic carbocycles. The summed E-state index contributed by atoms with van der Waals surface area (Å²) in [6.45, 7) is 0.350. The highest BCUT2D eigenvalue weighted by molar-refractivity contribution is 5.98. The fourth-order valence-corrected chi connectivity index (χ4v) is 3.24. The van der Waals surface area contributed by atoms with Crippen molar-refractivity contribution in [2.45, 2.75) is 19.0 Å². The first-order chi connectivity index (χ1) is 14.3. The number of carbonyl (C=O) groups excluding carboxylic acids is 2. The molecule has 1 aliphatic rings. The molecule has 2 N–H and O–H groups in total. The number of methoxy groups -OCH3 is 2. The number of carbonyl (C=O) groups is 2. The number of amides is 2.